The highest BCUT2D eigenvalue weighted by Gasteiger charge is 2.35. The summed E-state index contributed by atoms with van der Waals surface area (Å²) in [6, 6.07) is 3.36. The lowest BCUT2D eigenvalue weighted by molar-refractivity contribution is -0.140. The van der Waals surface area contributed by atoms with Crippen LogP contribution in [0, 0.1) is 12.7 Å². The Morgan fingerprint density at radius 3 is 2.83 bits per heavy atom. The van der Waals surface area contributed by atoms with Crippen molar-refractivity contribution in [2.45, 2.75) is 13.0 Å². The van der Waals surface area contributed by atoms with E-state index in [4.69, 9.17) is 5.11 Å². The van der Waals surface area contributed by atoms with Gasteiger partial charge in [-0.15, -0.1) is 11.8 Å². The molecule has 0 saturated carbocycles. The molecule has 1 aliphatic heterocycles. The van der Waals surface area contributed by atoms with Gasteiger partial charge < -0.3 is 10.0 Å². The van der Waals surface area contributed by atoms with Gasteiger partial charge in [-0.25, -0.2) is 9.18 Å². The van der Waals surface area contributed by atoms with E-state index >= 15 is 0 Å². The topological polar surface area (TPSA) is 57.6 Å². The highest BCUT2D eigenvalue weighted by molar-refractivity contribution is 7.99. The van der Waals surface area contributed by atoms with Crippen LogP contribution in [-0.2, 0) is 4.79 Å². The van der Waals surface area contributed by atoms with Crippen LogP contribution in [0.5, 0.6) is 0 Å². The van der Waals surface area contributed by atoms with E-state index in [9.17, 15) is 14.0 Å². The van der Waals surface area contributed by atoms with Crippen LogP contribution in [0.25, 0.3) is 0 Å². The number of carbonyl (C=O) groups is 2. The molecule has 1 aromatic carbocycles. The largest absolute Gasteiger partial charge is 0.480 e. The van der Waals surface area contributed by atoms with Crippen molar-refractivity contribution in [2.24, 2.45) is 0 Å². The Labute approximate surface area is 108 Å². The number of nitrogens with zero attached hydrogens (tertiary/aromatic N) is 1. The van der Waals surface area contributed by atoms with Gasteiger partial charge in [-0.05, 0) is 24.6 Å². The van der Waals surface area contributed by atoms with E-state index in [-0.39, 0.29) is 5.56 Å². The molecule has 1 saturated heterocycles. The van der Waals surface area contributed by atoms with Gasteiger partial charge in [-0.2, -0.15) is 0 Å². The first-order valence-corrected chi connectivity index (χ1v) is 6.54. The SMILES string of the molecule is Cc1ccc(C(=O)N2CSC[C@H]2C(=O)O)cc1F. The number of carboxylic acid groups (broad SMARTS) is 1. The molecule has 6 heteroatoms. The number of carboxylic acids is 1. The van der Waals surface area contributed by atoms with Gasteiger partial charge in [0.05, 0.1) is 5.88 Å². The number of hydrogen-bond donors (Lipinski definition) is 1. The molecule has 18 heavy (non-hydrogen) atoms. The van der Waals surface area contributed by atoms with E-state index in [0.29, 0.717) is 17.2 Å². The molecule has 0 unspecified atom stereocenters. The maximum Gasteiger partial charge on any atom is 0.327 e. The zero-order valence-corrected chi connectivity index (χ0v) is 10.5. The van der Waals surface area contributed by atoms with Gasteiger partial charge in [0.15, 0.2) is 0 Å². The quantitative estimate of drug-likeness (QED) is 0.888. The van der Waals surface area contributed by atoms with E-state index in [1.807, 2.05) is 0 Å². The molecule has 4 nitrogen and oxygen atoms in total. The smallest absolute Gasteiger partial charge is 0.327 e. The maximum atomic E-state index is 13.4. The lowest BCUT2D eigenvalue weighted by Crippen LogP contribution is -2.41. The highest BCUT2D eigenvalue weighted by atomic mass is 32.2. The number of hydrogen-bond acceptors (Lipinski definition) is 3. The standard InChI is InChI=1S/C12H12FNO3S/c1-7-2-3-8(4-9(7)13)11(15)14-6-18-5-10(14)12(16)17/h2-4,10H,5-6H2,1H3,(H,16,17)/t10-/m0/s1. The third kappa shape index (κ3) is 2.33. The molecule has 0 aromatic heterocycles. The lowest BCUT2D eigenvalue weighted by Gasteiger charge is -2.20. The molecule has 1 N–H and O–H groups in total. The second-order valence-electron chi connectivity index (χ2n) is 4.09. The van der Waals surface area contributed by atoms with Crippen molar-refractivity contribution < 1.29 is 19.1 Å². The molecular weight excluding hydrogens is 257 g/mol. The number of thioether (sulfide) groups is 1. The van der Waals surface area contributed by atoms with Crippen LogP contribution in [-0.4, -0.2) is 39.6 Å². The third-order valence-corrected chi connectivity index (χ3v) is 3.86. The van der Waals surface area contributed by atoms with Gasteiger partial charge in [-0.3, -0.25) is 4.79 Å². The van der Waals surface area contributed by atoms with Crippen molar-refractivity contribution in [3.8, 4) is 0 Å². The molecule has 0 radical (unpaired) electrons. The average molecular weight is 269 g/mol. The van der Waals surface area contributed by atoms with Crippen LogP contribution in [0.3, 0.4) is 0 Å². The van der Waals surface area contributed by atoms with E-state index in [2.05, 4.69) is 0 Å². The molecule has 96 valence electrons. The van der Waals surface area contributed by atoms with Gasteiger partial charge in [-0.1, -0.05) is 6.07 Å². The fourth-order valence-electron chi connectivity index (χ4n) is 1.74. The Morgan fingerprint density at radius 1 is 1.50 bits per heavy atom. The van der Waals surface area contributed by atoms with E-state index in [0.717, 1.165) is 6.07 Å². The summed E-state index contributed by atoms with van der Waals surface area (Å²) in [5.41, 5.74) is 0.643. The summed E-state index contributed by atoms with van der Waals surface area (Å²) in [5, 5.41) is 9.00. The Bertz CT molecular complexity index is 506. The molecule has 2 rings (SSSR count). The number of rotatable bonds is 2. The lowest BCUT2D eigenvalue weighted by atomic mass is 10.1. The van der Waals surface area contributed by atoms with Crippen molar-refractivity contribution in [1.82, 2.24) is 4.90 Å². The summed E-state index contributed by atoms with van der Waals surface area (Å²) >= 11 is 1.38. The highest BCUT2D eigenvalue weighted by Crippen LogP contribution is 2.23. The summed E-state index contributed by atoms with van der Waals surface area (Å²) in [7, 11) is 0. The van der Waals surface area contributed by atoms with Crippen molar-refractivity contribution in [3.05, 3.63) is 35.1 Å². The maximum absolute atomic E-state index is 13.4. The van der Waals surface area contributed by atoms with Crippen LogP contribution in [0.15, 0.2) is 18.2 Å². The summed E-state index contributed by atoms with van der Waals surface area (Å²) in [4.78, 5) is 24.4. The number of amides is 1. The van der Waals surface area contributed by atoms with Crippen LogP contribution in [0.2, 0.25) is 0 Å². The first kappa shape index (κ1) is 12.9. The molecule has 1 fully saturated rings. The minimum atomic E-state index is -1.03. The first-order chi connectivity index (χ1) is 8.50. The average Bonchev–Trinajstić information content (AvgIpc) is 2.81. The monoisotopic (exact) mass is 269 g/mol. The molecule has 1 aromatic rings. The fraction of sp³-hybridized carbons (Fsp3) is 0.333. The molecule has 1 atom stereocenters. The van der Waals surface area contributed by atoms with Crippen molar-refractivity contribution in [2.75, 3.05) is 11.6 Å². The van der Waals surface area contributed by atoms with Gasteiger partial charge in [0.25, 0.3) is 5.91 Å². The minimum absolute atomic E-state index is 0.187. The molecule has 1 heterocycles. The Balaban J connectivity index is 2.25. The summed E-state index contributed by atoms with van der Waals surface area (Å²) in [6.07, 6.45) is 0. The van der Waals surface area contributed by atoms with Crippen LogP contribution in [0.4, 0.5) is 4.39 Å². The van der Waals surface area contributed by atoms with Gasteiger partial charge in [0.1, 0.15) is 11.9 Å². The van der Waals surface area contributed by atoms with Crippen molar-refractivity contribution >= 4 is 23.6 Å². The van der Waals surface area contributed by atoms with Crippen molar-refractivity contribution in [3.63, 3.8) is 0 Å². The molecule has 0 aliphatic carbocycles. The number of carbonyl (C=O) groups excluding carboxylic acids is 1. The Kier molecular flexibility index (Phi) is 3.56. The van der Waals surface area contributed by atoms with Crippen molar-refractivity contribution in [1.29, 1.82) is 0 Å². The summed E-state index contributed by atoms with van der Waals surface area (Å²) < 4.78 is 13.4. The normalized spacial score (nSPS) is 19.0. The number of aryl methyl sites for hydroxylation is 1. The Morgan fingerprint density at radius 2 is 2.22 bits per heavy atom. The summed E-state index contributed by atoms with van der Waals surface area (Å²) in [5.74, 6) is -1.23. The van der Waals surface area contributed by atoms with Gasteiger partial charge in [0, 0.05) is 11.3 Å². The zero-order valence-electron chi connectivity index (χ0n) is 9.72. The number of aliphatic carboxylic acids is 1. The van der Waals surface area contributed by atoms with Crippen LogP contribution < -0.4 is 0 Å². The van der Waals surface area contributed by atoms with E-state index in [1.165, 1.54) is 28.8 Å². The molecular formula is C12H12FNO3S. The number of halogens is 1. The second-order valence-corrected chi connectivity index (χ2v) is 5.09. The predicted molar refractivity (Wildman–Crippen MR) is 66.1 cm³/mol. The van der Waals surface area contributed by atoms with Gasteiger partial charge in [0.2, 0.25) is 0 Å². The molecule has 1 aliphatic rings. The van der Waals surface area contributed by atoms with Gasteiger partial charge >= 0.3 is 5.97 Å². The summed E-state index contributed by atoms with van der Waals surface area (Å²) in [6.45, 7) is 1.61. The molecule has 0 bridgehead atoms. The van der Waals surface area contributed by atoms with E-state index in [1.54, 1.807) is 6.92 Å². The van der Waals surface area contributed by atoms with Crippen LogP contribution >= 0.6 is 11.8 Å². The fourth-order valence-corrected chi connectivity index (χ4v) is 2.88. The zero-order chi connectivity index (χ0) is 13.3. The predicted octanol–water partition coefficient (Wildman–Crippen LogP) is 1.73. The minimum Gasteiger partial charge on any atom is -0.480 e. The third-order valence-electron chi connectivity index (χ3n) is 2.85. The Hall–Kier alpha value is -1.56. The molecule has 1 amide bonds. The van der Waals surface area contributed by atoms with E-state index < -0.39 is 23.7 Å². The second kappa shape index (κ2) is 4.97. The molecule has 0 spiro atoms. The number of benzene rings is 1. The first-order valence-electron chi connectivity index (χ1n) is 5.38. The van der Waals surface area contributed by atoms with Crippen LogP contribution in [0.1, 0.15) is 15.9 Å².